The maximum Gasteiger partial charge on any atom is 0.245 e. The molecule has 0 aliphatic rings. The lowest BCUT2D eigenvalue weighted by atomic mass is 10.2. The highest BCUT2D eigenvalue weighted by molar-refractivity contribution is 9.10. The molecule has 0 heterocycles. The highest BCUT2D eigenvalue weighted by Crippen LogP contribution is 2.26. The number of hydrogen-bond acceptors (Lipinski definition) is 3. The average molecular weight is 366 g/mol. The quantitative estimate of drug-likeness (QED) is 0.596. The Balaban J connectivity index is 3.15. The molecule has 4 nitrogen and oxygen atoms in total. The Morgan fingerprint density at radius 1 is 1.50 bits per heavy atom. The number of benzene rings is 1. The van der Waals surface area contributed by atoms with Gasteiger partial charge in [-0.05, 0) is 25.0 Å². The number of hydrogen-bond donors (Lipinski definition) is 1. The fraction of sp³-hybridized carbons (Fsp3) is 0.385. The van der Waals surface area contributed by atoms with Gasteiger partial charge in [-0.2, -0.15) is 0 Å². The van der Waals surface area contributed by atoms with Crippen LogP contribution in [0, 0.1) is 5.82 Å². The Bertz CT molecular complexity index is 590. The van der Waals surface area contributed by atoms with Crippen LogP contribution >= 0.6 is 15.9 Å². The van der Waals surface area contributed by atoms with E-state index in [9.17, 15) is 12.8 Å². The molecule has 0 aromatic heterocycles. The lowest BCUT2D eigenvalue weighted by Crippen LogP contribution is -2.29. The Morgan fingerprint density at radius 3 is 2.70 bits per heavy atom. The zero-order valence-corrected chi connectivity index (χ0v) is 13.5. The van der Waals surface area contributed by atoms with Gasteiger partial charge in [0.15, 0.2) is 0 Å². The first-order chi connectivity index (χ1) is 9.34. The fourth-order valence-corrected chi connectivity index (χ4v) is 3.66. The van der Waals surface area contributed by atoms with Crippen molar-refractivity contribution in [2.24, 2.45) is 0 Å². The molecular weight excluding hydrogens is 349 g/mol. The number of aliphatic hydroxyl groups is 1. The van der Waals surface area contributed by atoms with E-state index in [1.54, 1.807) is 6.08 Å². The largest absolute Gasteiger partial charge is 0.392 e. The minimum absolute atomic E-state index is 0.0579. The van der Waals surface area contributed by atoms with Crippen LogP contribution in [0.5, 0.6) is 0 Å². The van der Waals surface area contributed by atoms with Crippen molar-refractivity contribution in [1.82, 2.24) is 4.31 Å². The lowest BCUT2D eigenvalue weighted by molar-refractivity contribution is 0.274. The molecule has 20 heavy (non-hydrogen) atoms. The Hall–Kier alpha value is -0.760. The van der Waals surface area contributed by atoms with Gasteiger partial charge in [0.2, 0.25) is 10.0 Å². The fourth-order valence-electron chi connectivity index (χ4n) is 1.67. The van der Waals surface area contributed by atoms with Crippen molar-refractivity contribution in [2.45, 2.75) is 24.3 Å². The first kappa shape index (κ1) is 17.3. The van der Waals surface area contributed by atoms with E-state index in [4.69, 9.17) is 5.11 Å². The average Bonchev–Trinajstić information content (AvgIpc) is 2.40. The van der Waals surface area contributed by atoms with E-state index >= 15 is 0 Å². The number of allylic oxidation sites excluding steroid dienone is 1. The van der Waals surface area contributed by atoms with Crippen LogP contribution in [0.4, 0.5) is 4.39 Å². The second-order valence-electron chi connectivity index (χ2n) is 4.29. The van der Waals surface area contributed by atoms with E-state index in [-0.39, 0.29) is 12.1 Å². The molecule has 0 aliphatic carbocycles. The van der Waals surface area contributed by atoms with Gasteiger partial charge in [0.25, 0.3) is 0 Å². The molecule has 0 amide bonds. The lowest BCUT2D eigenvalue weighted by Gasteiger charge is -2.18. The third-order valence-corrected chi connectivity index (χ3v) is 5.13. The van der Waals surface area contributed by atoms with Crippen LogP contribution in [0.1, 0.15) is 18.4 Å². The van der Waals surface area contributed by atoms with Crippen molar-refractivity contribution in [3.05, 3.63) is 40.6 Å². The molecule has 0 radical (unpaired) electrons. The predicted octanol–water partition coefficient (Wildman–Crippen LogP) is 2.67. The minimum Gasteiger partial charge on any atom is -0.392 e. The molecule has 0 spiro atoms. The van der Waals surface area contributed by atoms with E-state index in [1.165, 1.54) is 19.2 Å². The van der Waals surface area contributed by atoms with Crippen LogP contribution in [0.3, 0.4) is 0 Å². The van der Waals surface area contributed by atoms with Crippen LogP contribution in [0.15, 0.2) is 34.2 Å². The second kappa shape index (κ2) is 7.31. The summed E-state index contributed by atoms with van der Waals surface area (Å²) in [5.41, 5.74) is -0.0579. The Labute approximate surface area is 127 Å². The van der Waals surface area contributed by atoms with E-state index in [2.05, 4.69) is 22.5 Å². The van der Waals surface area contributed by atoms with Crippen LogP contribution in [0.25, 0.3) is 0 Å². The number of unbranched alkanes of at least 4 members (excludes halogenated alkanes) is 1. The molecule has 1 N–H and O–H groups in total. The molecule has 0 unspecified atom stereocenters. The van der Waals surface area contributed by atoms with Gasteiger partial charge in [-0.1, -0.05) is 22.0 Å². The van der Waals surface area contributed by atoms with Crippen molar-refractivity contribution in [1.29, 1.82) is 0 Å². The van der Waals surface area contributed by atoms with Gasteiger partial charge in [-0.15, -0.1) is 6.58 Å². The van der Waals surface area contributed by atoms with Crippen LogP contribution < -0.4 is 0 Å². The summed E-state index contributed by atoms with van der Waals surface area (Å²) in [6.45, 7) is 3.28. The van der Waals surface area contributed by atoms with Crippen LogP contribution in [-0.2, 0) is 16.6 Å². The van der Waals surface area contributed by atoms with Gasteiger partial charge in [0.1, 0.15) is 10.7 Å². The van der Waals surface area contributed by atoms with E-state index in [0.717, 1.165) is 4.31 Å². The summed E-state index contributed by atoms with van der Waals surface area (Å²) in [6.07, 6.45) is 2.99. The van der Waals surface area contributed by atoms with Crippen molar-refractivity contribution >= 4 is 26.0 Å². The van der Waals surface area contributed by atoms with Crippen molar-refractivity contribution < 1.29 is 17.9 Å². The summed E-state index contributed by atoms with van der Waals surface area (Å²) in [7, 11) is -2.52. The molecular formula is C13H17BrFNO3S. The monoisotopic (exact) mass is 365 g/mol. The topological polar surface area (TPSA) is 57.6 Å². The highest BCUT2D eigenvalue weighted by Gasteiger charge is 2.26. The third kappa shape index (κ3) is 3.88. The van der Waals surface area contributed by atoms with Crippen LogP contribution in [-0.4, -0.2) is 31.4 Å². The zero-order valence-electron chi connectivity index (χ0n) is 11.1. The molecule has 0 saturated carbocycles. The predicted molar refractivity (Wildman–Crippen MR) is 79.3 cm³/mol. The Morgan fingerprint density at radius 2 is 2.15 bits per heavy atom. The van der Waals surface area contributed by atoms with E-state index in [0.29, 0.717) is 17.3 Å². The molecule has 1 aromatic carbocycles. The van der Waals surface area contributed by atoms with E-state index in [1.807, 2.05) is 0 Å². The molecule has 0 aliphatic heterocycles. The maximum atomic E-state index is 14.1. The first-order valence-corrected chi connectivity index (χ1v) is 8.24. The highest BCUT2D eigenvalue weighted by atomic mass is 79.9. The molecule has 0 saturated heterocycles. The van der Waals surface area contributed by atoms with Crippen molar-refractivity contribution in [3.63, 3.8) is 0 Å². The normalized spacial score (nSPS) is 11.8. The standard InChI is InChI=1S/C13H17BrFNO3S/c1-3-4-5-6-16(2)20(18,19)12-8-11(14)7-10(9-17)13(12)15/h3,7-8,17H,1,4-6,9H2,2H3. The molecule has 0 bridgehead atoms. The zero-order chi connectivity index (χ0) is 15.3. The summed E-state index contributed by atoms with van der Waals surface area (Å²) in [5, 5.41) is 9.06. The molecule has 0 atom stereocenters. The van der Waals surface area contributed by atoms with Gasteiger partial charge in [0, 0.05) is 23.6 Å². The minimum atomic E-state index is -3.92. The molecule has 112 valence electrons. The third-order valence-electron chi connectivity index (χ3n) is 2.82. The summed E-state index contributed by atoms with van der Waals surface area (Å²) < 4.78 is 40.2. The van der Waals surface area contributed by atoms with Crippen molar-refractivity contribution in [2.75, 3.05) is 13.6 Å². The maximum absolute atomic E-state index is 14.1. The molecule has 7 heteroatoms. The first-order valence-electron chi connectivity index (χ1n) is 6.00. The van der Waals surface area contributed by atoms with Gasteiger partial charge in [-0.25, -0.2) is 17.1 Å². The molecule has 1 aromatic rings. The van der Waals surface area contributed by atoms with Gasteiger partial charge in [0.05, 0.1) is 6.61 Å². The van der Waals surface area contributed by atoms with Crippen molar-refractivity contribution in [3.8, 4) is 0 Å². The van der Waals surface area contributed by atoms with E-state index < -0.39 is 27.3 Å². The molecule has 0 fully saturated rings. The summed E-state index contributed by atoms with van der Waals surface area (Å²) >= 11 is 3.12. The second-order valence-corrected chi connectivity index (χ2v) is 7.22. The number of halogens is 2. The Kier molecular flexibility index (Phi) is 6.32. The SMILES string of the molecule is C=CCCCN(C)S(=O)(=O)c1cc(Br)cc(CO)c1F. The number of sulfonamides is 1. The van der Waals surface area contributed by atoms with Gasteiger partial charge in [-0.3, -0.25) is 0 Å². The summed E-state index contributed by atoms with van der Waals surface area (Å²) in [6, 6.07) is 2.56. The number of aliphatic hydroxyl groups excluding tert-OH is 1. The number of nitrogens with zero attached hydrogens (tertiary/aromatic N) is 1. The smallest absolute Gasteiger partial charge is 0.245 e. The number of rotatable bonds is 7. The van der Waals surface area contributed by atoms with Gasteiger partial charge < -0.3 is 5.11 Å². The van der Waals surface area contributed by atoms with Crippen LogP contribution in [0.2, 0.25) is 0 Å². The molecule has 1 rings (SSSR count). The summed E-state index contributed by atoms with van der Waals surface area (Å²) in [5.74, 6) is -0.911. The summed E-state index contributed by atoms with van der Waals surface area (Å²) in [4.78, 5) is -0.433. The van der Waals surface area contributed by atoms with Gasteiger partial charge >= 0.3 is 0 Å².